The lowest BCUT2D eigenvalue weighted by molar-refractivity contribution is 0.172. The molecule has 2 atom stereocenters. The van der Waals surface area contributed by atoms with Gasteiger partial charge < -0.3 is 10.1 Å². The molecule has 1 aromatic rings. The quantitative estimate of drug-likeness (QED) is 0.0875. The van der Waals surface area contributed by atoms with E-state index in [4.69, 9.17) is 4.74 Å². The summed E-state index contributed by atoms with van der Waals surface area (Å²) < 4.78 is 6.59. The van der Waals surface area contributed by atoms with E-state index in [1.807, 2.05) is 0 Å². The van der Waals surface area contributed by atoms with E-state index in [-0.39, 0.29) is 0 Å². The van der Waals surface area contributed by atoms with Gasteiger partial charge in [-0.25, -0.2) is 0 Å². The second-order valence-electron chi connectivity index (χ2n) is 13.5. The Balaban J connectivity index is 2.57. The third-order valence-electron chi connectivity index (χ3n) is 9.11. The summed E-state index contributed by atoms with van der Waals surface area (Å²) >= 11 is 0. The number of hydrogen-bond donors (Lipinski definition) is 1. The average molecular weight is 586 g/mol. The van der Waals surface area contributed by atoms with E-state index in [0.717, 1.165) is 12.2 Å². The van der Waals surface area contributed by atoms with Gasteiger partial charge in [-0.1, -0.05) is 162 Å². The molecule has 1 unspecified atom stereocenters. The molecule has 0 bridgehead atoms. The van der Waals surface area contributed by atoms with Crippen molar-refractivity contribution in [2.45, 2.75) is 220 Å². The highest BCUT2D eigenvalue weighted by molar-refractivity contribution is 5.28. The van der Waals surface area contributed by atoms with Crippen molar-refractivity contribution in [3.05, 3.63) is 29.8 Å². The average Bonchev–Trinajstić information content (AvgIpc) is 2.99. The molecule has 0 amide bonds. The summed E-state index contributed by atoms with van der Waals surface area (Å²) in [4.78, 5) is 0. The second-order valence-corrected chi connectivity index (χ2v) is 13.5. The Morgan fingerprint density at radius 2 is 0.881 bits per heavy atom. The van der Waals surface area contributed by atoms with Crippen molar-refractivity contribution >= 4 is 0 Å². The van der Waals surface area contributed by atoms with Crippen LogP contribution in [0.2, 0.25) is 0 Å². The van der Waals surface area contributed by atoms with Crippen molar-refractivity contribution in [2.24, 2.45) is 0 Å². The minimum absolute atomic E-state index is 0.375. The molecule has 0 radical (unpaired) electrons. The van der Waals surface area contributed by atoms with Gasteiger partial charge in [-0.2, -0.15) is 0 Å². The Morgan fingerprint density at radius 1 is 0.500 bits per heavy atom. The fraction of sp³-hybridized carbons (Fsp3) is 0.850. The third kappa shape index (κ3) is 22.5. The highest BCUT2D eigenvalue weighted by atomic mass is 16.5. The lowest BCUT2D eigenvalue weighted by Gasteiger charge is -2.24. The minimum Gasteiger partial charge on any atom is -0.490 e. The maximum absolute atomic E-state index is 6.59. The number of unbranched alkanes of at least 4 members (excludes halogenated alkanes) is 17. The van der Waals surface area contributed by atoms with Gasteiger partial charge in [0.15, 0.2) is 0 Å². The van der Waals surface area contributed by atoms with E-state index in [9.17, 15) is 0 Å². The van der Waals surface area contributed by atoms with E-state index in [0.29, 0.717) is 18.2 Å². The molecule has 0 aliphatic rings. The van der Waals surface area contributed by atoms with Crippen LogP contribution in [0.15, 0.2) is 24.3 Å². The molecular weight excluding hydrogens is 510 g/mol. The number of ether oxygens (including phenoxy) is 1. The minimum atomic E-state index is 0.375. The summed E-state index contributed by atoms with van der Waals surface area (Å²) in [5.41, 5.74) is 1.43. The molecule has 1 aromatic carbocycles. The molecule has 42 heavy (non-hydrogen) atoms. The molecule has 2 heteroatoms. The normalized spacial score (nSPS) is 13.1. The Hall–Kier alpha value is -1.02. The molecule has 0 spiro atoms. The number of nitrogens with one attached hydrogen (secondary N) is 1. The molecule has 0 fully saturated rings. The fourth-order valence-corrected chi connectivity index (χ4v) is 6.40. The lowest BCUT2D eigenvalue weighted by Crippen LogP contribution is -2.37. The highest BCUT2D eigenvalue weighted by Crippen LogP contribution is 2.22. The van der Waals surface area contributed by atoms with Gasteiger partial charge in [0, 0.05) is 12.1 Å². The largest absolute Gasteiger partial charge is 0.490 e. The van der Waals surface area contributed by atoms with Crippen LogP contribution in [0.25, 0.3) is 0 Å². The predicted octanol–water partition coefficient (Wildman–Crippen LogP) is 13.2. The van der Waals surface area contributed by atoms with E-state index >= 15 is 0 Å². The summed E-state index contributed by atoms with van der Waals surface area (Å²) in [7, 11) is 0. The Bertz CT molecular complexity index is 657. The van der Waals surface area contributed by atoms with Gasteiger partial charge in [-0.15, -0.1) is 0 Å². The van der Waals surface area contributed by atoms with Gasteiger partial charge in [0.2, 0.25) is 0 Å². The first-order chi connectivity index (χ1) is 20.6. The van der Waals surface area contributed by atoms with Crippen LogP contribution in [-0.2, 0) is 6.42 Å². The van der Waals surface area contributed by atoms with E-state index < -0.39 is 0 Å². The molecule has 0 aromatic heterocycles. The lowest BCUT2D eigenvalue weighted by atomic mass is 9.98. The standard InChI is InChI=1S/C40H75NO/c1-6-10-14-18-22-24-28-38(27-23-19-15-11-7-2)41-36(5)35-37-31-33-40(34-32-37)42-39(29-25-20-16-12-8-3)30-26-21-17-13-9-4/h31-34,36,38-39,41H,6-30,35H2,1-5H3/t36-,38?/m1/s1. The second kappa shape index (κ2) is 28.7. The third-order valence-corrected chi connectivity index (χ3v) is 9.11. The fourth-order valence-electron chi connectivity index (χ4n) is 6.40. The van der Waals surface area contributed by atoms with Crippen LogP contribution in [0, 0.1) is 0 Å². The van der Waals surface area contributed by atoms with Crippen molar-refractivity contribution in [3.8, 4) is 5.75 Å². The van der Waals surface area contributed by atoms with Gasteiger partial charge in [-0.05, 0) is 69.6 Å². The highest BCUT2D eigenvalue weighted by Gasteiger charge is 2.14. The zero-order valence-corrected chi connectivity index (χ0v) is 29.3. The zero-order chi connectivity index (χ0) is 30.5. The molecule has 0 saturated carbocycles. The first kappa shape index (κ1) is 39.0. The number of hydrogen-bond acceptors (Lipinski definition) is 2. The van der Waals surface area contributed by atoms with Crippen LogP contribution in [0.1, 0.15) is 201 Å². The van der Waals surface area contributed by atoms with Crippen LogP contribution in [0.4, 0.5) is 0 Å². The number of rotatable bonds is 31. The topological polar surface area (TPSA) is 21.3 Å². The molecule has 0 saturated heterocycles. The first-order valence-electron chi connectivity index (χ1n) is 19.1. The summed E-state index contributed by atoms with van der Waals surface area (Å²) in [6.07, 6.45) is 35.3. The monoisotopic (exact) mass is 586 g/mol. The van der Waals surface area contributed by atoms with Crippen LogP contribution in [0.3, 0.4) is 0 Å². The van der Waals surface area contributed by atoms with Crippen molar-refractivity contribution in [3.63, 3.8) is 0 Å². The van der Waals surface area contributed by atoms with Crippen LogP contribution < -0.4 is 10.1 Å². The summed E-state index contributed by atoms with van der Waals surface area (Å²) in [6.45, 7) is 11.6. The van der Waals surface area contributed by atoms with Crippen molar-refractivity contribution in [1.82, 2.24) is 5.32 Å². The van der Waals surface area contributed by atoms with E-state index in [2.05, 4.69) is 64.2 Å². The van der Waals surface area contributed by atoms with Gasteiger partial charge in [0.05, 0.1) is 6.10 Å². The SMILES string of the molecule is CCCCCCCCC(CCCCCCC)N[C@H](C)Cc1ccc(OC(CCCCCCC)CCCCCCC)cc1. The summed E-state index contributed by atoms with van der Waals surface area (Å²) in [5.74, 6) is 1.07. The van der Waals surface area contributed by atoms with Crippen LogP contribution in [0.5, 0.6) is 5.75 Å². The summed E-state index contributed by atoms with van der Waals surface area (Å²) in [6, 6.07) is 10.3. The molecule has 246 valence electrons. The molecule has 0 heterocycles. The Labute approximate surface area is 265 Å². The van der Waals surface area contributed by atoms with Gasteiger partial charge in [0.1, 0.15) is 5.75 Å². The van der Waals surface area contributed by atoms with Crippen molar-refractivity contribution in [2.75, 3.05) is 0 Å². The molecule has 1 rings (SSSR count). The maximum atomic E-state index is 6.59. The molecule has 1 N–H and O–H groups in total. The van der Waals surface area contributed by atoms with Crippen molar-refractivity contribution < 1.29 is 4.74 Å². The molecular formula is C40H75NO. The predicted molar refractivity (Wildman–Crippen MR) is 189 cm³/mol. The molecule has 2 nitrogen and oxygen atoms in total. The van der Waals surface area contributed by atoms with Gasteiger partial charge >= 0.3 is 0 Å². The first-order valence-corrected chi connectivity index (χ1v) is 19.1. The van der Waals surface area contributed by atoms with Crippen molar-refractivity contribution in [1.29, 1.82) is 0 Å². The Kier molecular flexibility index (Phi) is 26.7. The summed E-state index contributed by atoms with van der Waals surface area (Å²) in [5, 5.41) is 4.05. The van der Waals surface area contributed by atoms with E-state index in [1.165, 1.54) is 166 Å². The zero-order valence-electron chi connectivity index (χ0n) is 29.3. The van der Waals surface area contributed by atoms with E-state index in [1.54, 1.807) is 0 Å². The smallest absolute Gasteiger partial charge is 0.119 e. The maximum Gasteiger partial charge on any atom is 0.119 e. The number of benzene rings is 1. The van der Waals surface area contributed by atoms with Gasteiger partial charge in [-0.3, -0.25) is 0 Å². The van der Waals surface area contributed by atoms with Gasteiger partial charge in [0.25, 0.3) is 0 Å². The molecule has 0 aliphatic carbocycles. The molecule has 0 aliphatic heterocycles. The van der Waals surface area contributed by atoms with Crippen LogP contribution in [-0.4, -0.2) is 18.2 Å². The Morgan fingerprint density at radius 3 is 1.31 bits per heavy atom. The van der Waals surface area contributed by atoms with Crippen LogP contribution >= 0.6 is 0 Å².